The van der Waals surface area contributed by atoms with Crippen LogP contribution in [0, 0.1) is 20.9 Å². The van der Waals surface area contributed by atoms with E-state index in [1.807, 2.05) is 20.8 Å². The van der Waals surface area contributed by atoms with Crippen LogP contribution in [0.1, 0.15) is 78.2 Å². The first-order chi connectivity index (χ1) is 23.9. The fourth-order valence-corrected chi connectivity index (χ4v) is 8.99. The van der Waals surface area contributed by atoms with Crippen molar-refractivity contribution in [2.75, 3.05) is 32.5 Å². The molecule has 0 spiro atoms. The number of hydrogen-bond acceptors (Lipinski definition) is 10. The molecular formula is C33H51N7O10S. The molecular weight excluding hydrogens is 686 g/mol. The van der Waals surface area contributed by atoms with Crippen LogP contribution < -0.4 is 15.8 Å². The van der Waals surface area contributed by atoms with Crippen LogP contribution in [0.15, 0.2) is 35.4 Å². The van der Waals surface area contributed by atoms with E-state index in [4.69, 9.17) is 15.2 Å². The number of nitrogens with zero attached hydrogens (tertiary/aromatic N) is 4. The molecule has 4 atom stereocenters. The van der Waals surface area contributed by atoms with Crippen LogP contribution in [0.3, 0.4) is 0 Å². The van der Waals surface area contributed by atoms with E-state index in [2.05, 4.69) is 15.1 Å². The molecule has 17 nitrogen and oxygen atoms in total. The molecule has 1 aliphatic heterocycles. The molecule has 2 aliphatic rings. The van der Waals surface area contributed by atoms with Gasteiger partial charge in [-0.15, -0.1) is 0 Å². The van der Waals surface area contributed by atoms with E-state index in [-0.39, 0.29) is 31.4 Å². The van der Waals surface area contributed by atoms with Gasteiger partial charge in [-0.05, 0) is 43.6 Å². The molecule has 1 aromatic rings. The Balaban J connectivity index is 1.80. The fraction of sp³-hybridized carbons (Fsp3) is 0.667. The lowest BCUT2D eigenvalue weighted by Gasteiger charge is -2.41. The standard InChI is InChI=1S/C33H51N7O10S/c1-6-16-33(26(41)15-17-32(33,3)4)22-51(47,48)37-25(19-28(43)50-21-23-12-9-8-10-13-23)29(44)38(5)20-27(42)35-24-14-11-18-39(30(24)49-7-2)31(34)36-40(45)46/h8-10,12-13,24-25,30,37H,6-7,11,14-22H2,1-5H3,(H2,34,36)(H,35,42). The number of nitrogens with one attached hydrogen (secondary N) is 2. The highest BCUT2D eigenvalue weighted by atomic mass is 32.2. The van der Waals surface area contributed by atoms with Gasteiger partial charge in [0.1, 0.15) is 23.5 Å². The molecule has 2 fully saturated rings. The summed E-state index contributed by atoms with van der Waals surface area (Å²) in [6.45, 7) is 7.16. The van der Waals surface area contributed by atoms with E-state index in [0.717, 1.165) is 4.90 Å². The van der Waals surface area contributed by atoms with E-state index in [1.54, 1.807) is 37.3 Å². The molecule has 0 aromatic heterocycles. The third-order valence-electron chi connectivity index (χ3n) is 9.64. The Labute approximate surface area is 298 Å². The Morgan fingerprint density at radius 3 is 2.49 bits per heavy atom. The van der Waals surface area contributed by atoms with E-state index in [1.165, 1.54) is 11.9 Å². The summed E-state index contributed by atoms with van der Waals surface area (Å²) in [5.74, 6) is -3.47. The van der Waals surface area contributed by atoms with Gasteiger partial charge in [-0.2, -0.15) is 0 Å². The van der Waals surface area contributed by atoms with E-state index < -0.39 is 80.7 Å². The van der Waals surface area contributed by atoms with Crippen molar-refractivity contribution in [2.24, 2.45) is 21.7 Å². The maximum Gasteiger partial charge on any atom is 0.308 e. The summed E-state index contributed by atoms with van der Waals surface area (Å²) >= 11 is 0. The molecule has 1 heterocycles. The average Bonchev–Trinajstić information content (AvgIpc) is 3.26. The molecule has 1 aliphatic carbocycles. The second-order valence-electron chi connectivity index (χ2n) is 13.7. The van der Waals surface area contributed by atoms with Crippen LogP contribution in [-0.4, -0.2) is 104 Å². The Kier molecular flexibility index (Phi) is 14.4. The number of hydrazone groups is 1. The van der Waals surface area contributed by atoms with Gasteiger partial charge in [0, 0.05) is 32.0 Å². The summed E-state index contributed by atoms with van der Waals surface area (Å²) in [6.07, 6.45) is 1.03. The minimum Gasteiger partial charge on any atom is -0.461 e. The lowest BCUT2D eigenvalue weighted by molar-refractivity contribution is -0.486. The van der Waals surface area contributed by atoms with Crippen molar-refractivity contribution in [2.45, 2.75) is 97.6 Å². The molecule has 0 radical (unpaired) electrons. The number of nitrogens with two attached hydrogens (primary N) is 1. The molecule has 1 saturated heterocycles. The summed E-state index contributed by atoms with van der Waals surface area (Å²) in [5, 5.41) is 15.9. The number of ketones is 1. The SMILES string of the molecule is CCCC1(CS(=O)(=O)NC(CC(=O)OCc2ccccc2)C(=O)N(C)CC(=O)NC2CCCN(/C(N)=N/[N+](=O)[O-])C2OCC)C(=O)CCC1(C)C. The molecule has 1 aromatic carbocycles. The van der Waals surface area contributed by atoms with Crippen molar-refractivity contribution in [3.8, 4) is 0 Å². The van der Waals surface area contributed by atoms with Crippen molar-refractivity contribution in [1.29, 1.82) is 0 Å². The van der Waals surface area contributed by atoms with Gasteiger partial charge in [-0.25, -0.2) is 23.3 Å². The molecule has 3 rings (SSSR count). The molecule has 4 unspecified atom stereocenters. The smallest absolute Gasteiger partial charge is 0.308 e. The van der Waals surface area contributed by atoms with Gasteiger partial charge in [-0.1, -0.05) is 57.5 Å². The normalized spacial score (nSPS) is 22.6. The third kappa shape index (κ3) is 10.9. The zero-order valence-corrected chi connectivity index (χ0v) is 30.8. The summed E-state index contributed by atoms with van der Waals surface area (Å²) in [6, 6.07) is 6.47. The van der Waals surface area contributed by atoms with Crippen LogP contribution in [0.2, 0.25) is 0 Å². The summed E-state index contributed by atoms with van der Waals surface area (Å²) in [5.41, 5.74) is 4.72. The first kappa shape index (κ1) is 41.3. The zero-order valence-electron chi connectivity index (χ0n) is 30.0. The number of esters is 1. The van der Waals surface area contributed by atoms with Gasteiger partial charge in [0.15, 0.2) is 11.3 Å². The first-order valence-electron chi connectivity index (χ1n) is 17.1. The van der Waals surface area contributed by atoms with Gasteiger partial charge in [-0.3, -0.25) is 19.2 Å². The Bertz CT molecular complexity index is 1560. The number of hydrogen-bond donors (Lipinski definition) is 3. The molecule has 18 heteroatoms. The minimum atomic E-state index is -4.35. The van der Waals surface area contributed by atoms with Gasteiger partial charge in [0.25, 0.3) is 5.96 Å². The number of piperidine rings is 1. The van der Waals surface area contributed by atoms with Crippen molar-refractivity contribution in [3.05, 3.63) is 46.0 Å². The number of carbonyl (C=O) groups is 4. The summed E-state index contributed by atoms with van der Waals surface area (Å²) < 4.78 is 41.1. The Hall–Kier alpha value is -4.16. The van der Waals surface area contributed by atoms with Crippen molar-refractivity contribution < 1.29 is 42.1 Å². The van der Waals surface area contributed by atoms with E-state index >= 15 is 0 Å². The molecule has 284 valence electrons. The highest BCUT2D eigenvalue weighted by Crippen LogP contribution is 2.53. The number of guanidine groups is 1. The monoisotopic (exact) mass is 737 g/mol. The van der Waals surface area contributed by atoms with Crippen LogP contribution in [0.25, 0.3) is 0 Å². The van der Waals surface area contributed by atoms with Crippen molar-refractivity contribution >= 4 is 39.5 Å². The number of benzene rings is 1. The lowest BCUT2D eigenvalue weighted by atomic mass is 9.66. The van der Waals surface area contributed by atoms with Crippen LogP contribution in [0.4, 0.5) is 0 Å². The number of sulfonamides is 1. The average molecular weight is 738 g/mol. The fourth-order valence-electron chi connectivity index (χ4n) is 6.95. The highest BCUT2D eigenvalue weighted by molar-refractivity contribution is 7.89. The second-order valence-corrected chi connectivity index (χ2v) is 15.4. The number of nitro groups is 1. The Morgan fingerprint density at radius 2 is 1.90 bits per heavy atom. The number of likely N-dealkylation sites (N-methyl/N-ethyl adjacent to an activating group) is 1. The number of rotatable bonds is 17. The van der Waals surface area contributed by atoms with Crippen molar-refractivity contribution in [1.82, 2.24) is 19.8 Å². The predicted octanol–water partition coefficient (Wildman–Crippen LogP) is 1.49. The summed E-state index contributed by atoms with van der Waals surface area (Å²) in [4.78, 5) is 66.6. The molecule has 2 amide bonds. The topological polar surface area (TPSA) is 233 Å². The largest absolute Gasteiger partial charge is 0.461 e. The second kappa shape index (κ2) is 17.9. The molecule has 51 heavy (non-hydrogen) atoms. The van der Waals surface area contributed by atoms with Gasteiger partial charge in [0.05, 0.1) is 24.8 Å². The zero-order chi connectivity index (χ0) is 38.0. The van der Waals surface area contributed by atoms with Crippen LogP contribution in [-0.2, 0) is 45.3 Å². The number of carbonyl (C=O) groups excluding carboxylic acids is 4. The lowest BCUT2D eigenvalue weighted by Crippen LogP contribution is -2.61. The first-order valence-corrected chi connectivity index (χ1v) is 18.7. The predicted molar refractivity (Wildman–Crippen MR) is 186 cm³/mol. The number of ether oxygens (including phenoxy) is 2. The van der Waals surface area contributed by atoms with Crippen molar-refractivity contribution in [3.63, 3.8) is 0 Å². The number of amides is 2. The van der Waals surface area contributed by atoms with Crippen LogP contribution in [0.5, 0.6) is 0 Å². The maximum atomic E-state index is 13.8. The number of likely N-dealkylation sites (tertiary alicyclic amines) is 1. The van der Waals surface area contributed by atoms with E-state index in [0.29, 0.717) is 44.2 Å². The van der Waals surface area contributed by atoms with Gasteiger partial charge in [0.2, 0.25) is 21.8 Å². The quantitative estimate of drug-likeness (QED) is 0.0679. The van der Waals surface area contributed by atoms with Crippen LogP contribution >= 0.6 is 0 Å². The Morgan fingerprint density at radius 1 is 1.22 bits per heavy atom. The highest BCUT2D eigenvalue weighted by Gasteiger charge is 2.56. The van der Waals surface area contributed by atoms with Gasteiger partial charge >= 0.3 is 5.97 Å². The molecule has 0 bridgehead atoms. The third-order valence-corrected chi connectivity index (χ3v) is 11.2. The molecule has 1 saturated carbocycles. The maximum absolute atomic E-state index is 13.8. The van der Waals surface area contributed by atoms with Gasteiger partial charge < -0.3 is 30.3 Å². The summed E-state index contributed by atoms with van der Waals surface area (Å²) in [7, 11) is -3.06. The number of Topliss-reactive ketones (excluding diaryl/α,β-unsaturated/α-hetero) is 1. The molecule has 4 N–H and O–H groups in total. The van der Waals surface area contributed by atoms with E-state index in [9.17, 15) is 37.7 Å². The minimum absolute atomic E-state index is 0.107.